The van der Waals surface area contributed by atoms with Crippen LogP contribution in [0.15, 0.2) is 12.7 Å². The van der Waals surface area contributed by atoms with Crippen LogP contribution >= 0.6 is 0 Å². The van der Waals surface area contributed by atoms with Crippen molar-refractivity contribution in [1.82, 2.24) is 10.2 Å². The van der Waals surface area contributed by atoms with Gasteiger partial charge in [-0.15, -0.1) is 6.58 Å². The van der Waals surface area contributed by atoms with Crippen molar-refractivity contribution in [3.8, 4) is 0 Å². The van der Waals surface area contributed by atoms with Gasteiger partial charge in [-0.05, 0) is 33.1 Å². The Hall–Kier alpha value is -0.870. The highest BCUT2D eigenvalue weighted by atomic mass is 16.2. The third-order valence-electron chi connectivity index (χ3n) is 3.36. The van der Waals surface area contributed by atoms with Crippen molar-refractivity contribution in [2.45, 2.75) is 51.2 Å². The Morgan fingerprint density at radius 2 is 2.12 bits per heavy atom. The maximum atomic E-state index is 11.7. The highest BCUT2D eigenvalue weighted by Crippen LogP contribution is 2.13. The predicted molar refractivity (Wildman–Crippen MR) is 70.7 cm³/mol. The molecule has 1 fully saturated rings. The molecule has 0 aromatic heterocycles. The largest absolute Gasteiger partial charge is 0.352 e. The number of carbonyl (C=O) groups is 1. The SMILES string of the molecule is C=CCC(N)C(=O)NC1CCN(C(C)C)CC1. The van der Waals surface area contributed by atoms with Crippen LogP contribution in [0.3, 0.4) is 0 Å². The molecule has 1 aliphatic heterocycles. The normalized spacial score (nSPS) is 20.2. The molecular weight excluding hydrogens is 214 g/mol. The summed E-state index contributed by atoms with van der Waals surface area (Å²) in [5, 5.41) is 3.02. The van der Waals surface area contributed by atoms with Crippen molar-refractivity contribution in [3.63, 3.8) is 0 Å². The first kappa shape index (κ1) is 14.2. The lowest BCUT2D eigenvalue weighted by Gasteiger charge is -2.35. The summed E-state index contributed by atoms with van der Waals surface area (Å²) in [7, 11) is 0. The van der Waals surface area contributed by atoms with E-state index in [0.717, 1.165) is 25.9 Å². The number of nitrogens with zero attached hydrogens (tertiary/aromatic N) is 1. The number of hydrogen-bond donors (Lipinski definition) is 2. The van der Waals surface area contributed by atoms with Crippen LogP contribution < -0.4 is 11.1 Å². The Balaban J connectivity index is 2.30. The van der Waals surface area contributed by atoms with E-state index in [0.29, 0.717) is 12.5 Å². The van der Waals surface area contributed by atoms with E-state index in [1.807, 2.05) is 0 Å². The van der Waals surface area contributed by atoms with Crippen LogP contribution in [0.1, 0.15) is 33.1 Å². The highest BCUT2D eigenvalue weighted by molar-refractivity contribution is 5.81. The van der Waals surface area contributed by atoms with Crippen molar-refractivity contribution in [1.29, 1.82) is 0 Å². The van der Waals surface area contributed by atoms with E-state index in [1.165, 1.54) is 0 Å². The number of nitrogens with two attached hydrogens (primary N) is 1. The topological polar surface area (TPSA) is 58.4 Å². The second-order valence-corrected chi connectivity index (χ2v) is 5.04. The van der Waals surface area contributed by atoms with E-state index >= 15 is 0 Å². The van der Waals surface area contributed by atoms with Gasteiger partial charge in [0.1, 0.15) is 0 Å². The Morgan fingerprint density at radius 3 is 2.59 bits per heavy atom. The summed E-state index contributed by atoms with van der Waals surface area (Å²) in [6.07, 6.45) is 4.26. The van der Waals surface area contributed by atoms with Crippen molar-refractivity contribution >= 4 is 5.91 Å². The van der Waals surface area contributed by atoms with E-state index < -0.39 is 6.04 Å². The van der Waals surface area contributed by atoms with Gasteiger partial charge in [0, 0.05) is 25.2 Å². The van der Waals surface area contributed by atoms with E-state index in [1.54, 1.807) is 6.08 Å². The summed E-state index contributed by atoms with van der Waals surface area (Å²) in [6.45, 7) is 10.1. The Morgan fingerprint density at radius 1 is 1.53 bits per heavy atom. The number of likely N-dealkylation sites (tertiary alicyclic amines) is 1. The molecule has 1 amide bonds. The maximum absolute atomic E-state index is 11.7. The third kappa shape index (κ3) is 4.48. The van der Waals surface area contributed by atoms with Gasteiger partial charge in [0.25, 0.3) is 0 Å². The number of amides is 1. The lowest BCUT2D eigenvalue weighted by Crippen LogP contribution is -2.50. The fourth-order valence-corrected chi connectivity index (χ4v) is 2.16. The number of carbonyl (C=O) groups excluding carboxylic acids is 1. The number of nitrogens with one attached hydrogen (secondary N) is 1. The minimum Gasteiger partial charge on any atom is -0.352 e. The Bertz CT molecular complexity index is 257. The summed E-state index contributed by atoms with van der Waals surface area (Å²) in [5.41, 5.74) is 5.73. The van der Waals surface area contributed by atoms with Crippen LogP contribution in [0.25, 0.3) is 0 Å². The summed E-state index contributed by atoms with van der Waals surface area (Å²) < 4.78 is 0. The molecule has 1 aliphatic rings. The molecule has 1 rings (SSSR count). The fourth-order valence-electron chi connectivity index (χ4n) is 2.16. The minimum absolute atomic E-state index is 0.0482. The maximum Gasteiger partial charge on any atom is 0.237 e. The molecule has 0 bridgehead atoms. The van der Waals surface area contributed by atoms with Crippen LogP contribution in [0.2, 0.25) is 0 Å². The van der Waals surface area contributed by atoms with Crippen LogP contribution in [0, 0.1) is 0 Å². The molecule has 0 aromatic carbocycles. The van der Waals surface area contributed by atoms with Gasteiger partial charge in [-0.1, -0.05) is 6.08 Å². The van der Waals surface area contributed by atoms with Crippen molar-refractivity contribution in [2.75, 3.05) is 13.1 Å². The molecule has 1 unspecified atom stereocenters. The van der Waals surface area contributed by atoms with E-state index in [4.69, 9.17) is 5.73 Å². The van der Waals surface area contributed by atoms with Gasteiger partial charge >= 0.3 is 0 Å². The molecular formula is C13H25N3O. The van der Waals surface area contributed by atoms with Gasteiger partial charge in [-0.2, -0.15) is 0 Å². The van der Waals surface area contributed by atoms with Gasteiger partial charge in [0.05, 0.1) is 6.04 Å². The predicted octanol–water partition coefficient (Wildman–Crippen LogP) is 0.879. The lowest BCUT2D eigenvalue weighted by atomic mass is 10.0. The summed E-state index contributed by atoms with van der Waals surface area (Å²) in [6, 6.07) is 0.429. The quantitative estimate of drug-likeness (QED) is 0.700. The van der Waals surface area contributed by atoms with E-state index in [2.05, 4.69) is 30.6 Å². The average Bonchev–Trinajstić information content (AvgIpc) is 2.30. The van der Waals surface area contributed by atoms with Crippen LogP contribution in [-0.2, 0) is 4.79 Å². The molecule has 1 heterocycles. The molecule has 0 aromatic rings. The van der Waals surface area contributed by atoms with Gasteiger partial charge in [0.2, 0.25) is 5.91 Å². The van der Waals surface area contributed by atoms with Gasteiger partial charge in [-0.3, -0.25) is 4.79 Å². The van der Waals surface area contributed by atoms with Gasteiger partial charge in [0.15, 0.2) is 0 Å². The van der Waals surface area contributed by atoms with Crippen molar-refractivity contribution in [3.05, 3.63) is 12.7 Å². The van der Waals surface area contributed by atoms with Crippen LogP contribution in [0.5, 0.6) is 0 Å². The standard InChI is InChI=1S/C13H25N3O/c1-4-5-12(14)13(17)15-11-6-8-16(9-7-11)10(2)3/h4,10-12H,1,5-9,14H2,2-3H3,(H,15,17). The summed E-state index contributed by atoms with van der Waals surface area (Å²) >= 11 is 0. The molecule has 17 heavy (non-hydrogen) atoms. The monoisotopic (exact) mass is 239 g/mol. The zero-order valence-electron chi connectivity index (χ0n) is 11.0. The summed E-state index contributed by atoms with van der Waals surface area (Å²) in [5.74, 6) is -0.0482. The zero-order chi connectivity index (χ0) is 12.8. The van der Waals surface area contributed by atoms with Crippen LogP contribution in [-0.4, -0.2) is 42.0 Å². The zero-order valence-corrected chi connectivity index (χ0v) is 11.0. The molecule has 0 saturated carbocycles. The summed E-state index contributed by atoms with van der Waals surface area (Å²) in [4.78, 5) is 14.2. The van der Waals surface area contributed by atoms with Gasteiger partial charge in [-0.25, -0.2) is 0 Å². The lowest BCUT2D eigenvalue weighted by molar-refractivity contribution is -0.123. The van der Waals surface area contributed by atoms with Crippen molar-refractivity contribution in [2.24, 2.45) is 5.73 Å². The molecule has 98 valence electrons. The third-order valence-corrected chi connectivity index (χ3v) is 3.36. The molecule has 0 radical (unpaired) electrons. The second-order valence-electron chi connectivity index (χ2n) is 5.04. The molecule has 3 N–H and O–H groups in total. The van der Waals surface area contributed by atoms with Gasteiger partial charge < -0.3 is 16.0 Å². The van der Waals surface area contributed by atoms with E-state index in [-0.39, 0.29) is 11.9 Å². The molecule has 4 nitrogen and oxygen atoms in total. The molecule has 1 atom stereocenters. The second kappa shape index (κ2) is 6.77. The van der Waals surface area contributed by atoms with Crippen molar-refractivity contribution < 1.29 is 4.79 Å². The Kier molecular flexibility index (Phi) is 5.65. The molecule has 0 spiro atoms. The smallest absolute Gasteiger partial charge is 0.237 e. The minimum atomic E-state index is -0.448. The number of piperidine rings is 1. The average molecular weight is 239 g/mol. The first-order valence-corrected chi connectivity index (χ1v) is 6.45. The molecule has 1 saturated heterocycles. The molecule has 4 heteroatoms. The van der Waals surface area contributed by atoms with E-state index in [9.17, 15) is 4.79 Å². The molecule has 0 aliphatic carbocycles. The number of rotatable bonds is 5. The first-order chi connectivity index (χ1) is 8.04. The Labute approximate surface area is 104 Å². The first-order valence-electron chi connectivity index (χ1n) is 6.45. The number of hydrogen-bond acceptors (Lipinski definition) is 3. The van der Waals surface area contributed by atoms with Crippen LogP contribution in [0.4, 0.5) is 0 Å². The highest BCUT2D eigenvalue weighted by Gasteiger charge is 2.23. The fraction of sp³-hybridized carbons (Fsp3) is 0.769.